The number of hydrogen-bond acceptors (Lipinski definition) is 5. The fraction of sp³-hybridized carbons (Fsp3) is 0.600. The lowest BCUT2D eigenvalue weighted by atomic mass is 10.0. The van der Waals surface area contributed by atoms with Gasteiger partial charge >= 0.3 is 0 Å². The fourth-order valence-electron chi connectivity index (χ4n) is 3.00. The van der Waals surface area contributed by atoms with Crippen LogP contribution in [0.15, 0.2) is 6.07 Å². The Balaban J connectivity index is 2.54. The van der Waals surface area contributed by atoms with Crippen LogP contribution in [0.3, 0.4) is 0 Å². The van der Waals surface area contributed by atoms with E-state index in [9.17, 15) is 0 Å². The van der Waals surface area contributed by atoms with Gasteiger partial charge in [0.2, 0.25) is 5.75 Å². The molecule has 0 aromatic heterocycles. The summed E-state index contributed by atoms with van der Waals surface area (Å²) in [6.45, 7) is 4.62. The Morgan fingerprint density at radius 3 is 2.40 bits per heavy atom. The molecule has 2 rings (SSSR count). The van der Waals surface area contributed by atoms with E-state index in [2.05, 4.69) is 11.8 Å². The van der Waals surface area contributed by atoms with E-state index in [1.165, 1.54) is 5.56 Å². The smallest absolute Gasteiger partial charge is 0.203 e. The molecule has 1 aliphatic heterocycles. The van der Waals surface area contributed by atoms with E-state index in [-0.39, 0.29) is 6.04 Å². The third-order valence-corrected chi connectivity index (χ3v) is 3.86. The van der Waals surface area contributed by atoms with Gasteiger partial charge in [-0.2, -0.15) is 0 Å². The number of methoxy groups -OCH3 is 3. The van der Waals surface area contributed by atoms with Gasteiger partial charge in [0, 0.05) is 24.7 Å². The SMILES string of the molecule is CCCN1Cc2c(cc(OC)c(OC)c2OC)C1CN. The van der Waals surface area contributed by atoms with Crippen molar-refractivity contribution in [2.75, 3.05) is 34.4 Å². The summed E-state index contributed by atoms with van der Waals surface area (Å²) in [5.74, 6) is 2.11. The van der Waals surface area contributed by atoms with E-state index in [1.54, 1.807) is 21.3 Å². The highest BCUT2D eigenvalue weighted by Crippen LogP contribution is 2.48. The Hall–Kier alpha value is -1.46. The molecule has 112 valence electrons. The lowest BCUT2D eigenvalue weighted by Gasteiger charge is -2.22. The van der Waals surface area contributed by atoms with E-state index in [0.29, 0.717) is 18.0 Å². The summed E-state index contributed by atoms with van der Waals surface area (Å²) in [6.07, 6.45) is 1.10. The normalized spacial score (nSPS) is 17.9. The van der Waals surface area contributed by atoms with Crippen molar-refractivity contribution in [3.05, 3.63) is 17.2 Å². The molecule has 20 heavy (non-hydrogen) atoms. The molecule has 0 aliphatic carbocycles. The summed E-state index contributed by atoms with van der Waals surface area (Å²) in [5.41, 5.74) is 8.32. The van der Waals surface area contributed by atoms with Crippen LogP contribution < -0.4 is 19.9 Å². The highest BCUT2D eigenvalue weighted by Gasteiger charge is 2.34. The molecular formula is C15H24N2O3. The van der Waals surface area contributed by atoms with E-state index in [4.69, 9.17) is 19.9 Å². The maximum absolute atomic E-state index is 5.97. The van der Waals surface area contributed by atoms with Crippen molar-refractivity contribution < 1.29 is 14.2 Å². The third kappa shape index (κ3) is 2.31. The number of ether oxygens (including phenoxy) is 3. The molecule has 1 unspecified atom stereocenters. The summed E-state index contributed by atoms with van der Waals surface area (Å²) in [7, 11) is 4.93. The van der Waals surface area contributed by atoms with E-state index >= 15 is 0 Å². The second-order valence-corrected chi connectivity index (χ2v) is 4.94. The van der Waals surface area contributed by atoms with Crippen molar-refractivity contribution in [1.29, 1.82) is 0 Å². The van der Waals surface area contributed by atoms with E-state index in [1.807, 2.05) is 6.07 Å². The van der Waals surface area contributed by atoms with Gasteiger partial charge in [-0.3, -0.25) is 4.90 Å². The first-order chi connectivity index (χ1) is 9.71. The number of nitrogens with two attached hydrogens (primary N) is 1. The lowest BCUT2D eigenvalue weighted by molar-refractivity contribution is 0.219. The summed E-state index contributed by atoms with van der Waals surface area (Å²) in [5, 5.41) is 0. The van der Waals surface area contributed by atoms with Gasteiger partial charge in [-0.05, 0) is 24.6 Å². The Kier molecular flexibility index (Phi) is 4.73. The Bertz CT molecular complexity index is 477. The molecule has 1 heterocycles. The predicted molar refractivity (Wildman–Crippen MR) is 78.6 cm³/mol. The van der Waals surface area contributed by atoms with Gasteiger partial charge in [0.1, 0.15) is 0 Å². The van der Waals surface area contributed by atoms with Gasteiger partial charge in [0.05, 0.1) is 21.3 Å². The van der Waals surface area contributed by atoms with Gasteiger partial charge < -0.3 is 19.9 Å². The minimum Gasteiger partial charge on any atom is -0.493 e. The molecule has 0 saturated carbocycles. The monoisotopic (exact) mass is 280 g/mol. The molecule has 1 aromatic rings. The number of rotatable bonds is 6. The second kappa shape index (κ2) is 6.33. The lowest BCUT2D eigenvalue weighted by Crippen LogP contribution is -2.28. The summed E-state index contributed by atoms with van der Waals surface area (Å²) in [6, 6.07) is 2.25. The minimum absolute atomic E-state index is 0.221. The zero-order chi connectivity index (χ0) is 14.7. The van der Waals surface area contributed by atoms with Crippen LogP contribution in [0.1, 0.15) is 30.5 Å². The standard InChI is InChI=1S/C15H24N2O3/c1-5-6-17-9-11-10(12(17)8-16)7-13(18-2)15(20-4)14(11)19-3/h7,12H,5-6,8-9,16H2,1-4H3. The zero-order valence-corrected chi connectivity index (χ0v) is 12.7. The van der Waals surface area contributed by atoms with Crippen LogP contribution in [0.4, 0.5) is 0 Å². The molecule has 5 nitrogen and oxygen atoms in total. The molecule has 0 radical (unpaired) electrons. The molecule has 0 spiro atoms. The van der Waals surface area contributed by atoms with Crippen LogP contribution in [0, 0.1) is 0 Å². The third-order valence-electron chi connectivity index (χ3n) is 3.86. The molecule has 0 bridgehead atoms. The summed E-state index contributed by atoms with van der Waals surface area (Å²) in [4.78, 5) is 2.38. The first-order valence-corrected chi connectivity index (χ1v) is 6.97. The molecule has 0 saturated heterocycles. The van der Waals surface area contributed by atoms with Crippen molar-refractivity contribution in [2.24, 2.45) is 5.73 Å². The fourth-order valence-corrected chi connectivity index (χ4v) is 3.00. The van der Waals surface area contributed by atoms with Crippen LogP contribution in [-0.2, 0) is 6.54 Å². The van der Waals surface area contributed by atoms with Crippen LogP contribution in [0.5, 0.6) is 17.2 Å². The number of hydrogen-bond donors (Lipinski definition) is 1. The van der Waals surface area contributed by atoms with Crippen molar-refractivity contribution in [2.45, 2.75) is 25.9 Å². The largest absolute Gasteiger partial charge is 0.493 e. The average Bonchev–Trinajstić information content (AvgIpc) is 2.82. The quantitative estimate of drug-likeness (QED) is 0.863. The summed E-state index contributed by atoms with van der Waals surface area (Å²) >= 11 is 0. The first kappa shape index (κ1) is 14.9. The second-order valence-electron chi connectivity index (χ2n) is 4.94. The highest BCUT2D eigenvalue weighted by molar-refractivity contribution is 5.61. The molecule has 1 atom stereocenters. The van der Waals surface area contributed by atoms with Gasteiger partial charge in [-0.1, -0.05) is 6.92 Å². The minimum atomic E-state index is 0.221. The summed E-state index contributed by atoms with van der Waals surface area (Å²) < 4.78 is 16.4. The number of fused-ring (bicyclic) bond motifs is 1. The van der Waals surface area contributed by atoms with Crippen LogP contribution in [-0.4, -0.2) is 39.3 Å². The number of nitrogens with zero attached hydrogens (tertiary/aromatic N) is 1. The van der Waals surface area contributed by atoms with Crippen molar-refractivity contribution in [3.8, 4) is 17.2 Å². The van der Waals surface area contributed by atoms with Gasteiger partial charge in [0.25, 0.3) is 0 Å². The van der Waals surface area contributed by atoms with Crippen LogP contribution in [0.25, 0.3) is 0 Å². The Morgan fingerprint density at radius 1 is 1.20 bits per heavy atom. The average molecular weight is 280 g/mol. The maximum atomic E-state index is 5.97. The number of benzene rings is 1. The van der Waals surface area contributed by atoms with Crippen molar-refractivity contribution in [3.63, 3.8) is 0 Å². The highest BCUT2D eigenvalue weighted by atomic mass is 16.5. The van der Waals surface area contributed by atoms with Crippen molar-refractivity contribution >= 4 is 0 Å². The molecular weight excluding hydrogens is 256 g/mol. The molecule has 5 heteroatoms. The van der Waals surface area contributed by atoms with Gasteiger partial charge in [0.15, 0.2) is 11.5 Å². The van der Waals surface area contributed by atoms with E-state index in [0.717, 1.165) is 30.8 Å². The van der Waals surface area contributed by atoms with E-state index < -0.39 is 0 Å². The first-order valence-electron chi connectivity index (χ1n) is 6.97. The molecule has 0 fully saturated rings. The van der Waals surface area contributed by atoms with Gasteiger partial charge in [-0.25, -0.2) is 0 Å². The molecule has 2 N–H and O–H groups in total. The predicted octanol–water partition coefficient (Wildman–Crippen LogP) is 1.94. The molecule has 0 amide bonds. The maximum Gasteiger partial charge on any atom is 0.203 e. The Labute approximate surface area is 120 Å². The topological polar surface area (TPSA) is 57.0 Å². The zero-order valence-electron chi connectivity index (χ0n) is 12.7. The Morgan fingerprint density at radius 2 is 1.90 bits per heavy atom. The molecule has 1 aliphatic rings. The van der Waals surface area contributed by atoms with Crippen LogP contribution >= 0.6 is 0 Å². The van der Waals surface area contributed by atoms with Crippen LogP contribution in [0.2, 0.25) is 0 Å². The van der Waals surface area contributed by atoms with Gasteiger partial charge in [-0.15, -0.1) is 0 Å². The van der Waals surface area contributed by atoms with Crippen molar-refractivity contribution in [1.82, 2.24) is 4.90 Å². The molecule has 1 aromatic carbocycles.